The van der Waals surface area contributed by atoms with Crippen molar-refractivity contribution in [3.05, 3.63) is 11.5 Å². The summed E-state index contributed by atoms with van der Waals surface area (Å²) in [7, 11) is 0.768. The number of carbonyl (C=O) groups excluding carboxylic acids is 1. The maximum Gasteiger partial charge on any atom is 0.258 e. The molecular weight excluding hydrogens is 268 g/mol. The van der Waals surface area contributed by atoms with Crippen LogP contribution in [0.3, 0.4) is 0 Å². The number of rotatable bonds is 4. The van der Waals surface area contributed by atoms with E-state index in [-0.39, 0.29) is 22.8 Å². The van der Waals surface area contributed by atoms with Crippen molar-refractivity contribution in [3.8, 4) is 0 Å². The van der Waals surface area contributed by atoms with Gasteiger partial charge in [-0.25, -0.2) is 18.1 Å². The third-order valence-corrected chi connectivity index (χ3v) is 3.88. The van der Waals surface area contributed by atoms with Crippen molar-refractivity contribution in [2.45, 2.75) is 5.03 Å². The highest BCUT2D eigenvalue weighted by atomic mass is 35.5. The molecule has 0 spiro atoms. The lowest BCUT2D eigenvalue weighted by Gasteiger charge is -2.11. The predicted octanol–water partition coefficient (Wildman–Crippen LogP) is -0.560. The molecule has 1 heterocycles. The Morgan fingerprint density at radius 1 is 1.59 bits per heavy atom. The molecule has 0 aromatic carbocycles. The SMILES string of the molecule is CN(C)C(=O)CNS(=O)(=O)c1cnc(Cl)n1C. The van der Waals surface area contributed by atoms with E-state index in [0.29, 0.717) is 0 Å². The van der Waals surface area contributed by atoms with Gasteiger partial charge in [0.15, 0.2) is 5.03 Å². The Morgan fingerprint density at radius 3 is 2.59 bits per heavy atom. The lowest BCUT2D eigenvalue weighted by molar-refractivity contribution is -0.127. The summed E-state index contributed by atoms with van der Waals surface area (Å²) in [6.07, 6.45) is 1.13. The molecule has 0 atom stereocenters. The molecule has 1 N–H and O–H groups in total. The van der Waals surface area contributed by atoms with Gasteiger partial charge in [0.2, 0.25) is 11.2 Å². The normalized spacial score (nSPS) is 11.5. The molecule has 1 rings (SSSR count). The minimum Gasteiger partial charge on any atom is -0.348 e. The third kappa shape index (κ3) is 3.18. The number of amides is 1. The molecule has 0 bridgehead atoms. The zero-order chi connectivity index (χ0) is 13.2. The van der Waals surface area contributed by atoms with Gasteiger partial charge < -0.3 is 9.47 Å². The Kier molecular flexibility index (Phi) is 4.12. The van der Waals surface area contributed by atoms with Crippen molar-refractivity contribution < 1.29 is 13.2 Å². The second kappa shape index (κ2) is 5.03. The highest BCUT2D eigenvalue weighted by molar-refractivity contribution is 7.89. The highest BCUT2D eigenvalue weighted by Gasteiger charge is 2.21. The highest BCUT2D eigenvalue weighted by Crippen LogP contribution is 2.13. The molecule has 0 aliphatic heterocycles. The van der Waals surface area contributed by atoms with Crippen LogP contribution in [0.5, 0.6) is 0 Å². The molecule has 0 unspecified atom stereocenters. The fourth-order valence-electron chi connectivity index (χ4n) is 1.01. The fraction of sp³-hybridized carbons (Fsp3) is 0.500. The molecule has 0 saturated carbocycles. The summed E-state index contributed by atoms with van der Waals surface area (Å²) in [6.45, 7) is -0.307. The number of carbonyl (C=O) groups is 1. The second-order valence-corrected chi connectivity index (χ2v) is 5.59. The quantitative estimate of drug-likeness (QED) is 0.801. The summed E-state index contributed by atoms with van der Waals surface area (Å²) >= 11 is 5.63. The smallest absolute Gasteiger partial charge is 0.258 e. The van der Waals surface area contributed by atoms with Gasteiger partial charge in [0, 0.05) is 21.1 Å². The Hall–Kier alpha value is -1.12. The number of halogens is 1. The molecule has 0 radical (unpaired) electrons. The maximum absolute atomic E-state index is 11.8. The predicted molar refractivity (Wildman–Crippen MR) is 62.1 cm³/mol. The summed E-state index contributed by atoms with van der Waals surface area (Å²) in [5, 5.41) is -0.0293. The molecule has 96 valence electrons. The molecule has 0 aliphatic carbocycles. The van der Waals surface area contributed by atoms with Gasteiger partial charge in [-0.1, -0.05) is 0 Å². The first-order valence-corrected chi connectivity index (χ1v) is 6.49. The first-order chi connectivity index (χ1) is 7.75. The Bertz CT molecular complexity index is 523. The van der Waals surface area contributed by atoms with Crippen LogP contribution in [0.15, 0.2) is 11.2 Å². The van der Waals surface area contributed by atoms with Crippen LogP contribution in [0.4, 0.5) is 0 Å². The number of aromatic nitrogens is 2. The van der Waals surface area contributed by atoms with Crippen molar-refractivity contribution in [1.29, 1.82) is 0 Å². The zero-order valence-electron chi connectivity index (χ0n) is 9.64. The Labute approximate surface area is 104 Å². The van der Waals surface area contributed by atoms with E-state index in [1.165, 1.54) is 30.6 Å². The van der Waals surface area contributed by atoms with Crippen LogP contribution < -0.4 is 4.72 Å². The summed E-state index contributed by atoms with van der Waals surface area (Å²) < 4.78 is 27.0. The average molecular weight is 281 g/mol. The first-order valence-electron chi connectivity index (χ1n) is 4.62. The van der Waals surface area contributed by atoms with Gasteiger partial charge in [-0.3, -0.25) is 4.79 Å². The number of imidazole rings is 1. The van der Waals surface area contributed by atoms with Crippen molar-refractivity contribution in [1.82, 2.24) is 19.2 Å². The number of hydrogen-bond donors (Lipinski definition) is 1. The molecule has 1 aromatic heterocycles. The molecule has 1 amide bonds. The zero-order valence-corrected chi connectivity index (χ0v) is 11.2. The van der Waals surface area contributed by atoms with Crippen molar-refractivity contribution >= 4 is 27.5 Å². The van der Waals surface area contributed by atoms with Crippen LogP contribution in [-0.4, -0.2) is 49.4 Å². The van der Waals surface area contributed by atoms with E-state index in [9.17, 15) is 13.2 Å². The van der Waals surface area contributed by atoms with Gasteiger partial charge in [-0.15, -0.1) is 0 Å². The van der Waals surface area contributed by atoms with Gasteiger partial charge in [0.25, 0.3) is 10.0 Å². The van der Waals surface area contributed by atoms with E-state index in [4.69, 9.17) is 11.6 Å². The molecule has 1 aromatic rings. The Morgan fingerprint density at radius 2 is 2.18 bits per heavy atom. The van der Waals surface area contributed by atoms with Gasteiger partial charge >= 0.3 is 0 Å². The molecule has 9 heteroatoms. The van der Waals surface area contributed by atoms with Crippen molar-refractivity contribution in [2.75, 3.05) is 20.6 Å². The van der Waals surface area contributed by atoms with Crippen LogP contribution in [0, 0.1) is 0 Å². The topological polar surface area (TPSA) is 84.3 Å². The largest absolute Gasteiger partial charge is 0.348 e. The lowest BCUT2D eigenvalue weighted by Crippen LogP contribution is -2.36. The molecule has 0 fully saturated rings. The molecule has 0 saturated heterocycles. The molecule has 7 nitrogen and oxygen atoms in total. The van der Waals surface area contributed by atoms with Crippen molar-refractivity contribution in [3.63, 3.8) is 0 Å². The van der Waals surface area contributed by atoms with E-state index in [1.54, 1.807) is 0 Å². The average Bonchev–Trinajstić information content (AvgIpc) is 2.56. The summed E-state index contributed by atoms with van der Waals surface area (Å²) in [5.74, 6) is -0.346. The van der Waals surface area contributed by atoms with E-state index in [0.717, 1.165) is 6.20 Å². The second-order valence-electron chi connectivity index (χ2n) is 3.54. The van der Waals surface area contributed by atoms with E-state index < -0.39 is 10.0 Å². The minimum absolute atomic E-state index is 0.0595. The molecule has 17 heavy (non-hydrogen) atoms. The first kappa shape index (κ1) is 13.9. The summed E-state index contributed by atoms with van der Waals surface area (Å²) in [4.78, 5) is 16.2. The van der Waals surface area contributed by atoms with E-state index in [2.05, 4.69) is 9.71 Å². The van der Waals surface area contributed by atoms with E-state index >= 15 is 0 Å². The Balaban J connectivity index is 2.84. The summed E-state index contributed by atoms with van der Waals surface area (Å²) in [6, 6.07) is 0. The maximum atomic E-state index is 11.8. The van der Waals surface area contributed by atoms with E-state index in [1.807, 2.05) is 0 Å². The number of nitrogens with zero attached hydrogens (tertiary/aromatic N) is 3. The number of likely N-dealkylation sites (N-methyl/N-ethyl adjacent to an activating group) is 1. The number of nitrogens with one attached hydrogen (secondary N) is 1. The van der Waals surface area contributed by atoms with Gasteiger partial charge in [-0.05, 0) is 11.6 Å². The van der Waals surface area contributed by atoms with Crippen LogP contribution in [0.2, 0.25) is 5.28 Å². The fourth-order valence-corrected chi connectivity index (χ4v) is 2.30. The molecule has 0 aliphatic rings. The van der Waals surface area contributed by atoms with Gasteiger partial charge in [0.1, 0.15) is 0 Å². The standard InChI is InChI=1S/C8H13ClN4O3S/c1-12(2)6(14)4-11-17(15,16)7-5-10-8(9)13(7)3/h5,11H,4H2,1-3H3. The van der Waals surface area contributed by atoms with Crippen LogP contribution in [0.1, 0.15) is 0 Å². The van der Waals surface area contributed by atoms with Crippen molar-refractivity contribution in [2.24, 2.45) is 7.05 Å². The van der Waals surface area contributed by atoms with Crippen LogP contribution >= 0.6 is 11.6 Å². The van der Waals surface area contributed by atoms with Gasteiger partial charge in [0.05, 0.1) is 12.7 Å². The summed E-state index contributed by atoms with van der Waals surface area (Å²) in [5.41, 5.74) is 0. The third-order valence-electron chi connectivity index (χ3n) is 2.08. The number of hydrogen-bond acceptors (Lipinski definition) is 4. The number of sulfonamides is 1. The monoisotopic (exact) mass is 280 g/mol. The lowest BCUT2D eigenvalue weighted by atomic mass is 10.6. The molecular formula is C8H13ClN4O3S. The van der Waals surface area contributed by atoms with Crippen LogP contribution in [-0.2, 0) is 21.9 Å². The van der Waals surface area contributed by atoms with Gasteiger partial charge in [-0.2, -0.15) is 0 Å². The minimum atomic E-state index is -3.78. The van der Waals surface area contributed by atoms with Crippen LogP contribution in [0.25, 0.3) is 0 Å².